The molecule has 0 fully saturated rings. The maximum atomic E-state index is 8.97. The van der Waals surface area contributed by atoms with Gasteiger partial charge in [0.1, 0.15) is 6.54 Å². The number of nitrogens with one attached hydrogen (secondary N) is 2. The maximum absolute atomic E-state index is 8.97. The molecule has 0 spiro atoms. The van der Waals surface area contributed by atoms with E-state index in [-0.39, 0.29) is 0 Å². The average Bonchev–Trinajstić information content (AvgIpc) is 2.67. The summed E-state index contributed by atoms with van der Waals surface area (Å²) >= 11 is 0. The molecule has 4 rings (SSSR count). The lowest BCUT2D eigenvalue weighted by molar-refractivity contribution is -0.655. The van der Waals surface area contributed by atoms with Gasteiger partial charge < -0.3 is 5.73 Å². The van der Waals surface area contributed by atoms with Crippen molar-refractivity contribution in [3.8, 4) is 11.3 Å². The van der Waals surface area contributed by atoms with E-state index < -0.39 is 0 Å². The highest BCUT2D eigenvalue weighted by atomic mass is 16.5. The summed E-state index contributed by atoms with van der Waals surface area (Å²) in [5, 5.41) is 12.4. The second kappa shape index (κ2) is 6.63. The van der Waals surface area contributed by atoms with Crippen LogP contribution in [0.2, 0.25) is 0 Å². The van der Waals surface area contributed by atoms with Crippen molar-refractivity contribution in [1.29, 1.82) is 0 Å². The number of fused-ring (bicyclic) bond motifs is 3. The van der Waals surface area contributed by atoms with Crippen molar-refractivity contribution in [3.05, 3.63) is 66.7 Å². The van der Waals surface area contributed by atoms with Crippen LogP contribution in [-0.4, -0.2) is 5.21 Å². The van der Waals surface area contributed by atoms with Crippen LogP contribution < -0.4 is 21.3 Å². The van der Waals surface area contributed by atoms with Gasteiger partial charge in [0.25, 0.3) is 0 Å². The summed E-state index contributed by atoms with van der Waals surface area (Å²) in [6.07, 6.45) is 0. The standard InChI is InChI=1S/C21H20N4O/c1-2-25-20-13-16(23-24-26)9-11-18(20)17-10-8-15(22)12-19(17)21(25)14-6-4-3-5-7-14/h3-13,24,26H,2,22H2,1H3/p+1. The van der Waals surface area contributed by atoms with Gasteiger partial charge in [-0.15, -0.1) is 5.59 Å². The van der Waals surface area contributed by atoms with Crippen LogP contribution >= 0.6 is 0 Å². The van der Waals surface area contributed by atoms with Crippen molar-refractivity contribution in [1.82, 2.24) is 5.59 Å². The fourth-order valence-electron chi connectivity index (χ4n) is 3.62. The molecule has 4 aromatic rings. The molecule has 0 saturated heterocycles. The van der Waals surface area contributed by atoms with Gasteiger partial charge in [0.05, 0.1) is 16.5 Å². The van der Waals surface area contributed by atoms with Gasteiger partial charge in [0.2, 0.25) is 11.2 Å². The summed E-state index contributed by atoms with van der Waals surface area (Å²) in [6, 6.07) is 22.4. The van der Waals surface area contributed by atoms with Crippen molar-refractivity contribution in [2.24, 2.45) is 0 Å². The largest absolute Gasteiger partial charge is 0.399 e. The summed E-state index contributed by atoms with van der Waals surface area (Å²) < 4.78 is 2.29. The molecule has 0 atom stereocenters. The number of hydrazine groups is 1. The number of nitrogen functional groups attached to an aromatic ring is 1. The first-order valence-electron chi connectivity index (χ1n) is 8.62. The van der Waals surface area contributed by atoms with Crippen LogP contribution in [0.15, 0.2) is 66.7 Å². The topological polar surface area (TPSA) is 74.2 Å². The molecule has 0 aliphatic carbocycles. The third-order valence-corrected chi connectivity index (χ3v) is 4.71. The Kier molecular flexibility index (Phi) is 4.16. The zero-order valence-corrected chi connectivity index (χ0v) is 14.5. The molecule has 0 aliphatic heterocycles. The number of pyridine rings is 1. The molecule has 3 aromatic carbocycles. The number of nitrogens with two attached hydrogens (primary N) is 1. The van der Waals surface area contributed by atoms with Crippen LogP contribution in [-0.2, 0) is 6.54 Å². The minimum atomic E-state index is 0.749. The number of rotatable bonds is 4. The van der Waals surface area contributed by atoms with E-state index in [1.807, 2.05) is 48.1 Å². The third-order valence-electron chi connectivity index (χ3n) is 4.71. The van der Waals surface area contributed by atoms with E-state index in [1.165, 1.54) is 0 Å². The van der Waals surface area contributed by atoms with E-state index in [4.69, 9.17) is 10.9 Å². The van der Waals surface area contributed by atoms with E-state index in [9.17, 15) is 0 Å². The van der Waals surface area contributed by atoms with Crippen molar-refractivity contribution >= 4 is 33.1 Å². The Labute approximate surface area is 151 Å². The van der Waals surface area contributed by atoms with E-state index in [0.29, 0.717) is 0 Å². The fourth-order valence-corrected chi connectivity index (χ4v) is 3.62. The van der Waals surface area contributed by atoms with Crippen molar-refractivity contribution in [3.63, 3.8) is 0 Å². The number of aromatic nitrogens is 1. The molecule has 0 amide bonds. The molecule has 5 nitrogen and oxygen atoms in total. The second-order valence-corrected chi connectivity index (χ2v) is 6.23. The Bertz CT molecular complexity index is 1090. The average molecular weight is 345 g/mol. The first-order chi connectivity index (χ1) is 12.7. The van der Waals surface area contributed by atoms with E-state index in [2.05, 4.69) is 41.2 Å². The Balaban J connectivity index is 2.19. The Morgan fingerprint density at radius 2 is 1.69 bits per heavy atom. The van der Waals surface area contributed by atoms with Crippen LogP contribution in [0.3, 0.4) is 0 Å². The van der Waals surface area contributed by atoms with Gasteiger partial charge in [0, 0.05) is 22.7 Å². The number of benzene rings is 3. The SMILES string of the molecule is CC[n+]1c(-c2ccccc2)c2cc(N)ccc2c2ccc(NNO)cc21. The predicted octanol–water partition coefficient (Wildman–Crippen LogP) is 3.86. The lowest BCUT2D eigenvalue weighted by Crippen LogP contribution is -2.36. The Morgan fingerprint density at radius 3 is 2.42 bits per heavy atom. The second-order valence-electron chi connectivity index (χ2n) is 6.23. The number of nitrogens with zero attached hydrogens (tertiary/aromatic N) is 1. The molecule has 1 heterocycles. The molecule has 0 aliphatic rings. The number of hydrogen-bond donors (Lipinski definition) is 4. The smallest absolute Gasteiger partial charge is 0.220 e. The molecule has 0 bridgehead atoms. The Morgan fingerprint density at radius 1 is 0.923 bits per heavy atom. The normalized spacial score (nSPS) is 11.2. The van der Waals surface area contributed by atoms with E-state index in [0.717, 1.165) is 50.9 Å². The van der Waals surface area contributed by atoms with Gasteiger partial charge in [-0.2, -0.15) is 4.57 Å². The molecular weight excluding hydrogens is 324 g/mol. The number of hydrogen-bond acceptors (Lipinski definition) is 4. The molecule has 0 unspecified atom stereocenters. The number of anilines is 2. The highest BCUT2D eigenvalue weighted by molar-refractivity contribution is 6.10. The Hall–Kier alpha value is -3.15. The van der Waals surface area contributed by atoms with Crippen LogP contribution in [0.5, 0.6) is 0 Å². The fraction of sp³-hybridized carbons (Fsp3) is 0.0952. The van der Waals surface area contributed by atoms with Crippen LogP contribution in [0, 0.1) is 0 Å². The number of aryl methyl sites for hydroxylation is 1. The van der Waals surface area contributed by atoms with Gasteiger partial charge >= 0.3 is 0 Å². The summed E-state index contributed by atoms with van der Waals surface area (Å²) in [7, 11) is 0. The highest BCUT2D eigenvalue weighted by Gasteiger charge is 2.22. The van der Waals surface area contributed by atoms with Gasteiger partial charge in [-0.1, -0.05) is 24.3 Å². The van der Waals surface area contributed by atoms with Crippen molar-refractivity contribution in [2.75, 3.05) is 11.2 Å². The predicted molar refractivity (Wildman–Crippen MR) is 106 cm³/mol. The van der Waals surface area contributed by atoms with Crippen LogP contribution in [0.1, 0.15) is 6.92 Å². The molecule has 0 saturated carbocycles. The van der Waals surface area contributed by atoms with Gasteiger partial charge in [-0.3, -0.25) is 10.6 Å². The summed E-state index contributed by atoms with van der Waals surface area (Å²) in [5.41, 5.74) is 15.8. The zero-order valence-electron chi connectivity index (χ0n) is 14.5. The first-order valence-corrected chi connectivity index (χ1v) is 8.62. The minimum absolute atomic E-state index is 0.749. The van der Waals surface area contributed by atoms with E-state index in [1.54, 1.807) is 0 Å². The van der Waals surface area contributed by atoms with Gasteiger partial charge in [-0.25, -0.2) is 0 Å². The maximum Gasteiger partial charge on any atom is 0.220 e. The minimum Gasteiger partial charge on any atom is -0.399 e. The third kappa shape index (κ3) is 2.63. The summed E-state index contributed by atoms with van der Waals surface area (Å²) in [4.78, 5) is 0. The molecule has 1 aromatic heterocycles. The van der Waals surface area contributed by atoms with Crippen LogP contribution in [0.4, 0.5) is 11.4 Å². The molecule has 26 heavy (non-hydrogen) atoms. The van der Waals surface area contributed by atoms with Crippen LogP contribution in [0.25, 0.3) is 32.9 Å². The molecular formula is C21H21N4O+. The van der Waals surface area contributed by atoms with Gasteiger partial charge in [-0.05, 0) is 43.3 Å². The monoisotopic (exact) mass is 345 g/mol. The summed E-state index contributed by atoms with van der Waals surface area (Å²) in [6.45, 7) is 2.94. The summed E-state index contributed by atoms with van der Waals surface area (Å²) in [5.74, 6) is 0. The van der Waals surface area contributed by atoms with Crippen molar-refractivity contribution in [2.45, 2.75) is 13.5 Å². The zero-order chi connectivity index (χ0) is 18.1. The highest BCUT2D eigenvalue weighted by Crippen LogP contribution is 2.33. The van der Waals surface area contributed by atoms with E-state index >= 15 is 0 Å². The quantitative estimate of drug-likeness (QED) is 0.196. The van der Waals surface area contributed by atoms with Gasteiger partial charge in [0.15, 0.2) is 0 Å². The molecule has 5 N–H and O–H groups in total. The first kappa shape index (κ1) is 16.3. The molecule has 0 radical (unpaired) electrons. The lowest BCUT2D eigenvalue weighted by Gasteiger charge is -2.13. The lowest BCUT2D eigenvalue weighted by atomic mass is 9.98. The molecule has 130 valence electrons. The molecule has 5 heteroatoms. The van der Waals surface area contributed by atoms with Crippen molar-refractivity contribution < 1.29 is 9.77 Å².